The Hall–Kier alpha value is -3.67. The summed E-state index contributed by atoms with van der Waals surface area (Å²) < 4.78 is 5.55. The van der Waals surface area contributed by atoms with Crippen molar-refractivity contribution in [3.05, 3.63) is 66.2 Å². The molecule has 3 aromatic carbocycles. The highest BCUT2D eigenvalue weighted by atomic mass is 16.5. The molecule has 0 aromatic heterocycles. The van der Waals surface area contributed by atoms with Gasteiger partial charge in [0.25, 0.3) is 5.91 Å². The van der Waals surface area contributed by atoms with Gasteiger partial charge in [0.1, 0.15) is 5.75 Å². The number of fused-ring (bicyclic) bond motifs is 1. The van der Waals surface area contributed by atoms with Crippen LogP contribution in [-0.4, -0.2) is 24.7 Å². The summed E-state index contributed by atoms with van der Waals surface area (Å²) in [5.41, 5.74) is 1.52. The predicted octanol–water partition coefficient (Wildman–Crippen LogP) is 3.63. The molecule has 0 spiro atoms. The zero-order valence-electron chi connectivity index (χ0n) is 14.7. The number of benzene rings is 3. The Kier molecular flexibility index (Phi) is 5.47. The molecule has 0 aliphatic carbocycles. The van der Waals surface area contributed by atoms with Gasteiger partial charge in [0.2, 0.25) is 5.91 Å². The highest BCUT2D eigenvalue weighted by Gasteiger charge is 2.10. The molecule has 0 saturated carbocycles. The molecule has 0 aliphatic heterocycles. The van der Waals surface area contributed by atoms with E-state index in [0.29, 0.717) is 22.7 Å². The minimum Gasteiger partial charge on any atom is -0.483 e. The molecule has 6 nitrogen and oxygen atoms in total. The van der Waals surface area contributed by atoms with E-state index in [-0.39, 0.29) is 18.4 Å². The van der Waals surface area contributed by atoms with Crippen molar-refractivity contribution in [1.82, 2.24) is 0 Å². The van der Waals surface area contributed by atoms with Crippen LogP contribution >= 0.6 is 0 Å². The fourth-order valence-electron chi connectivity index (χ4n) is 2.74. The van der Waals surface area contributed by atoms with E-state index in [1.807, 2.05) is 30.3 Å². The SMILES string of the molecule is CC(=O)Nc1cccc(NC(=O)COc2ccc3ccccc3c2C=O)c1. The number of aldehydes is 1. The maximum absolute atomic E-state index is 12.2. The third kappa shape index (κ3) is 4.49. The summed E-state index contributed by atoms with van der Waals surface area (Å²) in [5, 5.41) is 7.04. The van der Waals surface area contributed by atoms with Crippen molar-refractivity contribution in [2.24, 2.45) is 0 Å². The van der Waals surface area contributed by atoms with Gasteiger partial charge in [-0.2, -0.15) is 0 Å². The first kappa shape index (κ1) is 18.1. The molecule has 0 fully saturated rings. The largest absolute Gasteiger partial charge is 0.483 e. The first-order chi connectivity index (χ1) is 13.1. The average Bonchev–Trinajstić information content (AvgIpc) is 2.65. The van der Waals surface area contributed by atoms with E-state index < -0.39 is 0 Å². The second-order valence-electron chi connectivity index (χ2n) is 5.92. The molecule has 0 saturated heterocycles. The topological polar surface area (TPSA) is 84.5 Å². The van der Waals surface area contributed by atoms with Gasteiger partial charge in [0, 0.05) is 18.3 Å². The molecule has 0 bridgehead atoms. The van der Waals surface area contributed by atoms with Crippen molar-refractivity contribution in [3.63, 3.8) is 0 Å². The van der Waals surface area contributed by atoms with Crippen LogP contribution in [0.3, 0.4) is 0 Å². The van der Waals surface area contributed by atoms with Gasteiger partial charge in [0.05, 0.1) is 5.56 Å². The molecule has 0 radical (unpaired) electrons. The number of hydrogen-bond donors (Lipinski definition) is 2. The number of carbonyl (C=O) groups is 3. The molecule has 136 valence electrons. The predicted molar refractivity (Wildman–Crippen MR) is 104 cm³/mol. The Bertz CT molecular complexity index is 1010. The van der Waals surface area contributed by atoms with Crippen molar-refractivity contribution >= 4 is 40.2 Å². The zero-order valence-corrected chi connectivity index (χ0v) is 14.7. The molecule has 27 heavy (non-hydrogen) atoms. The number of anilines is 2. The Morgan fingerprint density at radius 3 is 2.44 bits per heavy atom. The monoisotopic (exact) mass is 362 g/mol. The molecule has 0 atom stereocenters. The fourth-order valence-corrected chi connectivity index (χ4v) is 2.74. The standard InChI is InChI=1S/C21H18N2O4/c1-14(25)22-16-6-4-7-17(11-16)23-21(26)13-27-20-10-9-15-5-2-3-8-18(15)19(20)12-24/h2-12H,13H2,1H3,(H,22,25)(H,23,26). The first-order valence-corrected chi connectivity index (χ1v) is 8.34. The van der Waals surface area contributed by atoms with Gasteiger partial charge in [-0.3, -0.25) is 14.4 Å². The Labute approximate surface area is 156 Å². The first-order valence-electron chi connectivity index (χ1n) is 8.34. The quantitative estimate of drug-likeness (QED) is 0.656. The van der Waals surface area contributed by atoms with Crippen LogP contribution in [0.25, 0.3) is 10.8 Å². The van der Waals surface area contributed by atoms with E-state index in [2.05, 4.69) is 10.6 Å². The molecule has 0 heterocycles. The molecule has 3 rings (SSSR count). The van der Waals surface area contributed by atoms with Crippen molar-refractivity contribution < 1.29 is 19.1 Å². The Balaban J connectivity index is 1.68. The van der Waals surface area contributed by atoms with Crippen LogP contribution in [0.1, 0.15) is 17.3 Å². The summed E-state index contributed by atoms with van der Waals surface area (Å²) in [6, 6.07) is 17.8. The van der Waals surface area contributed by atoms with Crippen molar-refractivity contribution in [3.8, 4) is 5.75 Å². The van der Waals surface area contributed by atoms with Gasteiger partial charge in [0.15, 0.2) is 12.9 Å². The van der Waals surface area contributed by atoms with Crippen LogP contribution in [-0.2, 0) is 9.59 Å². The van der Waals surface area contributed by atoms with Gasteiger partial charge in [-0.1, -0.05) is 36.4 Å². The lowest BCUT2D eigenvalue weighted by atomic mass is 10.0. The van der Waals surface area contributed by atoms with Crippen LogP contribution in [0.15, 0.2) is 60.7 Å². The summed E-state index contributed by atoms with van der Waals surface area (Å²) >= 11 is 0. The number of ether oxygens (including phenoxy) is 1. The van der Waals surface area contributed by atoms with Gasteiger partial charge in [-0.15, -0.1) is 0 Å². The highest BCUT2D eigenvalue weighted by molar-refractivity contribution is 6.01. The number of carbonyl (C=O) groups excluding carboxylic acids is 3. The third-order valence-electron chi connectivity index (χ3n) is 3.87. The molecule has 2 N–H and O–H groups in total. The molecule has 2 amide bonds. The minimum absolute atomic E-state index is 0.195. The highest BCUT2D eigenvalue weighted by Crippen LogP contribution is 2.26. The average molecular weight is 362 g/mol. The molecular weight excluding hydrogens is 344 g/mol. The lowest BCUT2D eigenvalue weighted by Gasteiger charge is -2.11. The second kappa shape index (κ2) is 8.14. The number of amides is 2. The summed E-state index contributed by atoms with van der Waals surface area (Å²) in [7, 11) is 0. The van der Waals surface area contributed by atoms with E-state index in [1.165, 1.54) is 6.92 Å². The van der Waals surface area contributed by atoms with E-state index in [1.54, 1.807) is 30.3 Å². The lowest BCUT2D eigenvalue weighted by molar-refractivity contribution is -0.118. The van der Waals surface area contributed by atoms with Crippen LogP contribution in [0.5, 0.6) is 5.75 Å². The third-order valence-corrected chi connectivity index (χ3v) is 3.87. The second-order valence-corrected chi connectivity index (χ2v) is 5.92. The van der Waals surface area contributed by atoms with Crippen molar-refractivity contribution in [1.29, 1.82) is 0 Å². The minimum atomic E-state index is -0.375. The summed E-state index contributed by atoms with van der Waals surface area (Å²) in [4.78, 5) is 34.8. The van der Waals surface area contributed by atoms with E-state index in [4.69, 9.17) is 4.74 Å². The van der Waals surface area contributed by atoms with E-state index in [0.717, 1.165) is 17.1 Å². The van der Waals surface area contributed by atoms with E-state index in [9.17, 15) is 14.4 Å². The zero-order chi connectivity index (χ0) is 19.2. The summed E-state index contributed by atoms with van der Waals surface area (Å²) in [6.07, 6.45) is 0.729. The van der Waals surface area contributed by atoms with Crippen molar-refractivity contribution in [2.45, 2.75) is 6.92 Å². The smallest absolute Gasteiger partial charge is 0.262 e. The van der Waals surface area contributed by atoms with E-state index >= 15 is 0 Å². The number of nitrogens with one attached hydrogen (secondary N) is 2. The van der Waals surface area contributed by atoms with Crippen LogP contribution in [0.4, 0.5) is 11.4 Å². The van der Waals surface area contributed by atoms with Crippen LogP contribution < -0.4 is 15.4 Å². The summed E-state index contributed by atoms with van der Waals surface area (Å²) in [6.45, 7) is 1.16. The Morgan fingerprint density at radius 1 is 0.963 bits per heavy atom. The molecule has 6 heteroatoms. The number of rotatable bonds is 6. The number of hydrogen-bond acceptors (Lipinski definition) is 4. The van der Waals surface area contributed by atoms with Gasteiger partial charge < -0.3 is 15.4 Å². The lowest BCUT2D eigenvalue weighted by Crippen LogP contribution is -2.20. The maximum atomic E-state index is 12.2. The van der Waals surface area contributed by atoms with Gasteiger partial charge >= 0.3 is 0 Å². The molecule has 0 unspecified atom stereocenters. The molecular formula is C21H18N2O4. The fraction of sp³-hybridized carbons (Fsp3) is 0.0952. The summed E-state index contributed by atoms with van der Waals surface area (Å²) in [5.74, 6) is -0.217. The van der Waals surface area contributed by atoms with Crippen molar-refractivity contribution in [2.75, 3.05) is 17.2 Å². The molecule has 0 aliphatic rings. The van der Waals surface area contributed by atoms with Gasteiger partial charge in [-0.25, -0.2) is 0 Å². The maximum Gasteiger partial charge on any atom is 0.262 e. The van der Waals surface area contributed by atoms with Gasteiger partial charge in [-0.05, 0) is 35.0 Å². The molecule has 3 aromatic rings. The normalized spacial score (nSPS) is 10.3. The Morgan fingerprint density at radius 2 is 1.70 bits per heavy atom. The van der Waals surface area contributed by atoms with Crippen LogP contribution in [0.2, 0.25) is 0 Å². The van der Waals surface area contributed by atoms with Crippen LogP contribution in [0, 0.1) is 0 Å².